The fourth-order valence-corrected chi connectivity index (χ4v) is 3.51. The summed E-state index contributed by atoms with van der Waals surface area (Å²) in [5.74, 6) is 1.01. The van der Waals surface area contributed by atoms with Crippen LogP contribution in [0.5, 0.6) is 23.0 Å². The van der Waals surface area contributed by atoms with Crippen molar-refractivity contribution in [3.05, 3.63) is 82.2 Å². The number of likely N-dealkylation sites (N-methyl/N-ethyl adjacent to an activating group) is 1. The Morgan fingerprint density at radius 1 is 0.950 bits per heavy atom. The van der Waals surface area contributed by atoms with Crippen LogP contribution in [-0.4, -0.2) is 64.0 Å². The molecule has 1 heterocycles. The standard InChI is InChI=1S/C17H14O5.C12H16ClNO3.ClH/c1-20-11-5-3-10(4-6-11)13-9-22-16-12(15(13)19)7-8-14(18)17(16)21-2;1-14(2)7-8-16-12(15)9-17-11-5-3-10(13)4-6-11;/h3-9,18H,1-2H3;3-6H,7-9H2,1-2H3;1H. The van der Waals surface area contributed by atoms with E-state index in [1.54, 1.807) is 55.6 Å². The molecule has 9 nitrogen and oxygen atoms in total. The number of phenolic OH excluding ortho intramolecular Hbond substituents is 1. The third kappa shape index (κ3) is 8.81. The van der Waals surface area contributed by atoms with Gasteiger partial charge in [0.05, 0.1) is 25.2 Å². The molecule has 0 amide bonds. The molecule has 0 atom stereocenters. The number of hydrogen-bond acceptors (Lipinski definition) is 9. The topological polar surface area (TPSA) is 108 Å². The van der Waals surface area contributed by atoms with Gasteiger partial charge >= 0.3 is 5.97 Å². The van der Waals surface area contributed by atoms with Crippen molar-refractivity contribution in [2.45, 2.75) is 0 Å². The SMILES string of the molecule is CN(C)CCOC(=O)COc1ccc(Cl)cc1.COc1ccc(-c2coc3c(OC)c(O)ccc3c2=O)cc1.Cl. The van der Waals surface area contributed by atoms with Crippen LogP contribution in [0.15, 0.2) is 76.1 Å². The molecule has 4 aromatic rings. The minimum absolute atomic E-state index is 0. The van der Waals surface area contributed by atoms with Gasteiger partial charge < -0.3 is 33.4 Å². The Kier molecular flexibility index (Phi) is 12.6. The maximum Gasteiger partial charge on any atom is 0.344 e. The summed E-state index contributed by atoms with van der Waals surface area (Å²) in [6.45, 7) is 0.984. The van der Waals surface area contributed by atoms with Crippen molar-refractivity contribution in [3.8, 4) is 34.1 Å². The normalized spacial score (nSPS) is 10.2. The zero-order valence-electron chi connectivity index (χ0n) is 22.5. The Labute approximate surface area is 243 Å². The van der Waals surface area contributed by atoms with Gasteiger partial charge in [0.15, 0.2) is 17.9 Å². The number of carbonyl (C=O) groups excluding carboxylic acids is 1. The summed E-state index contributed by atoms with van der Waals surface area (Å²) in [4.78, 5) is 25.8. The van der Waals surface area contributed by atoms with Gasteiger partial charge in [-0.2, -0.15) is 0 Å². The fraction of sp³-hybridized carbons (Fsp3) is 0.241. The molecule has 4 rings (SSSR count). The maximum absolute atomic E-state index is 12.6. The van der Waals surface area contributed by atoms with Gasteiger partial charge in [0, 0.05) is 11.6 Å². The number of esters is 1. The third-order valence-electron chi connectivity index (χ3n) is 5.45. The van der Waals surface area contributed by atoms with Gasteiger partial charge in [-0.1, -0.05) is 23.7 Å². The van der Waals surface area contributed by atoms with Crippen molar-refractivity contribution in [1.29, 1.82) is 0 Å². The third-order valence-corrected chi connectivity index (χ3v) is 5.70. The lowest BCUT2D eigenvalue weighted by Gasteiger charge is -2.10. The van der Waals surface area contributed by atoms with Crippen molar-refractivity contribution in [3.63, 3.8) is 0 Å². The van der Waals surface area contributed by atoms with Crippen LogP contribution in [0.1, 0.15) is 0 Å². The number of halogens is 2. The largest absolute Gasteiger partial charge is 0.504 e. The number of methoxy groups -OCH3 is 2. The molecule has 0 fully saturated rings. The molecule has 1 N–H and O–H groups in total. The Balaban J connectivity index is 0.000000283. The van der Waals surface area contributed by atoms with Gasteiger partial charge in [0.2, 0.25) is 11.2 Å². The molecule has 0 aliphatic rings. The Morgan fingerprint density at radius 3 is 2.20 bits per heavy atom. The van der Waals surface area contributed by atoms with Crippen LogP contribution in [0.4, 0.5) is 0 Å². The first-order valence-corrected chi connectivity index (χ1v) is 12.3. The van der Waals surface area contributed by atoms with Crippen molar-refractivity contribution in [2.75, 3.05) is 48.1 Å². The van der Waals surface area contributed by atoms with Crippen molar-refractivity contribution in [2.24, 2.45) is 0 Å². The smallest absolute Gasteiger partial charge is 0.344 e. The predicted octanol–water partition coefficient (Wildman–Crippen LogP) is 5.43. The summed E-state index contributed by atoms with van der Waals surface area (Å²) in [5.41, 5.74) is 1.20. The van der Waals surface area contributed by atoms with E-state index < -0.39 is 0 Å². The van der Waals surface area contributed by atoms with E-state index in [4.69, 9.17) is 35.0 Å². The second kappa shape index (κ2) is 15.6. The monoisotopic (exact) mass is 591 g/mol. The summed E-state index contributed by atoms with van der Waals surface area (Å²) in [6, 6.07) is 16.9. The Morgan fingerprint density at radius 2 is 1.60 bits per heavy atom. The lowest BCUT2D eigenvalue weighted by molar-refractivity contribution is -0.146. The minimum atomic E-state index is -0.373. The van der Waals surface area contributed by atoms with E-state index in [9.17, 15) is 14.7 Å². The number of carbonyl (C=O) groups is 1. The number of phenols is 1. The van der Waals surface area contributed by atoms with E-state index in [-0.39, 0.29) is 47.5 Å². The molecule has 0 aliphatic carbocycles. The average molecular weight is 592 g/mol. The number of aromatic hydroxyl groups is 1. The van der Waals surface area contributed by atoms with Crippen LogP contribution in [-0.2, 0) is 9.53 Å². The lowest BCUT2D eigenvalue weighted by atomic mass is 10.1. The first-order valence-electron chi connectivity index (χ1n) is 11.9. The molecule has 0 bridgehead atoms. The molecule has 0 spiro atoms. The van der Waals surface area contributed by atoms with Crippen LogP contribution < -0.4 is 19.6 Å². The van der Waals surface area contributed by atoms with Crippen LogP contribution in [0.2, 0.25) is 5.02 Å². The van der Waals surface area contributed by atoms with Gasteiger partial charge in [-0.15, -0.1) is 12.4 Å². The van der Waals surface area contributed by atoms with Crippen molar-refractivity contribution < 1.29 is 33.3 Å². The molecule has 40 heavy (non-hydrogen) atoms. The van der Waals surface area contributed by atoms with Crippen molar-refractivity contribution in [1.82, 2.24) is 4.90 Å². The Hall–Kier alpha value is -3.92. The van der Waals surface area contributed by atoms with E-state index in [1.807, 2.05) is 19.0 Å². The highest BCUT2D eigenvalue weighted by Crippen LogP contribution is 2.34. The summed E-state index contributed by atoms with van der Waals surface area (Å²) in [6.07, 6.45) is 1.37. The van der Waals surface area contributed by atoms with Crippen LogP contribution >= 0.6 is 24.0 Å². The van der Waals surface area contributed by atoms with Gasteiger partial charge in [0.25, 0.3) is 0 Å². The highest BCUT2D eigenvalue weighted by molar-refractivity contribution is 6.30. The number of hydrogen-bond donors (Lipinski definition) is 1. The Bertz CT molecular complexity index is 1440. The minimum Gasteiger partial charge on any atom is -0.504 e. The van der Waals surface area contributed by atoms with E-state index in [0.29, 0.717) is 40.6 Å². The quantitative estimate of drug-likeness (QED) is 0.255. The molecule has 0 saturated heterocycles. The number of fused-ring (bicyclic) bond motifs is 1. The molecule has 0 saturated carbocycles. The maximum atomic E-state index is 12.6. The number of benzene rings is 3. The average Bonchev–Trinajstić information content (AvgIpc) is 2.93. The zero-order valence-corrected chi connectivity index (χ0v) is 24.1. The molecular weight excluding hydrogens is 561 g/mol. The van der Waals surface area contributed by atoms with E-state index in [1.165, 1.54) is 25.5 Å². The fourth-order valence-electron chi connectivity index (χ4n) is 3.39. The zero-order chi connectivity index (χ0) is 28.4. The first-order chi connectivity index (χ1) is 18.7. The lowest BCUT2D eigenvalue weighted by Crippen LogP contribution is -2.22. The highest BCUT2D eigenvalue weighted by Gasteiger charge is 2.15. The van der Waals surface area contributed by atoms with E-state index in [0.717, 1.165) is 5.56 Å². The summed E-state index contributed by atoms with van der Waals surface area (Å²) in [5, 5.41) is 10.7. The van der Waals surface area contributed by atoms with Gasteiger partial charge in [-0.05, 0) is 68.2 Å². The van der Waals surface area contributed by atoms with E-state index >= 15 is 0 Å². The highest BCUT2D eigenvalue weighted by atomic mass is 35.5. The summed E-state index contributed by atoms with van der Waals surface area (Å²) >= 11 is 5.72. The molecular formula is C29H31Cl2NO8. The number of nitrogens with zero attached hydrogens (tertiary/aromatic N) is 1. The van der Waals surface area contributed by atoms with Crippen LogP contribution in [0.25, 0.3) is 22.1 Å². The van der Waals surface area contributed by atoms with E-state index in [2.05, 4.69) is 0 Å². The molecule has 1 aromatic heterocycles. The molecule has 3 aromatic carbocycles. The second-order valence-electron chi connectivity index (χ2n) is 8.47. The predicted molar refractivity (Wildman–Crippen MR) is 156 cm³/mol. The van der Waals surface area contributed by atoms with Gasteiger partial charge in [-0.3, -0.25) is 4.79 Å². The number of rotatable bonds is 9. The molecule has 0 aliphatic heterocycles. The summed E-state index contributed by atoms with van der Waals surface area (Å²) < 4.78 is 25.9. The molecule has 11 heteroatoms. The van der Waals surface area contributed by atoms with Crippen LogP contribution in [0.3, 0.4) is 0 Å². The molecule has 214 valence electrons. The van der Waals surface area contributed by atoms with Gasteiger partial charge in [-0.25, -0.2) is 4.79 Å². The van der Waals surface area contributed by atoms with Crippen LogP contribution in [0, 0.1) is 0 Å². The summed E-state index contributed by atoms with van der Waals surface area (Å²) in [7, 11) is 6.82. The van der Waals surface area contributed by atoms with Crippen molar-refractivity contribution >= 4 is 40.9 Å². The van der Waals surface area contributed by atoms with Gasteiger partial charge in [0.1, 0.15) is 24.4 Å². The first kappa shape index (κ1) is 32.3. The number of ether oxygens (including phenoxy) is 4. The second-order valence-corrected chi connectivity index (χ2v) is 8.90. The molecule has 0 radical (unpaired) electrons. The molecule has 0 unspecified atom stereocenters.